The Morgan fingerprint density at radius 3 is 0.845 bits per heavy atom. The molecule has 0 radical (unpaired) electrons. The standard InChI is InChI=1S/C52H100O6/c1-5-7-9-11-12-13-14-15-23-26-29-32-36-40-44-51(54)57-47-49(46-56-50(53)43-39-34-10-8-6-2)58-52(55)45-41-37-33-30-27-24-21-19-17-16-18-20-22-25-28-31-35-38-42-48(3)4/h48-49H,5-47H2,1-4H3/t49-/m0/s1. The van der Waals surface area contributed by atoms with Crippen molar-refractivity contribution >= 4 is 17.9 Å². The van der Waals surface area contributed by atoms with E-state index in [1.807, 2.05) is 0 Å². The summed E-state index contributed by atoms with van der Waals surface area (Å²) in [4.78, 5) is 37.6. The minimum atomic E-state index is -0.758. The second-order valence-corrected chi connectivity index (χ2v) is 18.3. The normalized spacial score (nSPS) is 11.9. The number of hydrogen-bond donors (Lipinski definition) is 0. The van der Waals surface area contributed by atoms with Gasteiger partial charge in [-0.25, -0.2) is 0 Å². The van der Waals surface area contributed by atoms with Crippen molar-refractivity contribution in [2.24, 2.45) is 5.92 Å². The molecule has 0 unspecified atom stereocenters. The SMILES string of the molecule is CCCCCCCCCCCCCCCCC(=O)OC[C@H](COC(=O)CCCCCCC)OC(=O)CCCCCCCCCCCCCCCCCCCCC(C)C. The fourth-order valence-corrected chi connectivity index (χ4v) is 7.86. The molecule has 0 rings (SSSR count). The maximum absolute atomic E-state index is 12.7. The first-order valence-electron chi connectivity index (χ1n) is 25.9. The van der Waals surface area contributed by atoms with E-state index in [0.717, 1.165) is 70.1 Å². The molecule has 6 nitrogen and oxygen atoms in total. The first-order valence-corrected chi connectivity index (χ1v) is 25.9. The van der Waals surface area contributed by atoms with Gasteiger partial charge in [0, 0.05) is 19.3 Å². The van der Waals surface area contributed by atoms with Crippen LogP contribution in [-0.4, -0.2) is 37.2 Å². The monoisotopic (exact) mass is 821 g/mol. The largest absolute Gasteiger partial charge is 0.462 e. The molecular weight excluding hydrogens is 721 g/mol. The third-order valence-corrected chi connectivity index (χ3v) is 11.8. The Morgan fingerprint density at radius 2 is 0.569 bits per heavy atom. The van der Waals surface area contributed by atoms with Crippen LogP contribution in [0.4, 0.5) is 0 Å². The Balaban J connectivity index is 4.07. The summed E-state index contributed by atoms with van der Waals surface area (Å²) in [5.41, 5.74) is 0. The zero-order valence-corrected chi connectivity index (χ0v) is 39.5. The molecule has 0 fully saturated rings. The van der Waals surface area contributed by atoms with Gasteiger partial charge in [0.1, 0.15) is 13.2 Å². The van der Waals surface area contributed by atoms with Crippen LogP contribution in [0.2, 0.25) is 0 Å². The Bertz CT molecular complexity index is 872. The minimum Gasteiger partial charge on any atom is -0.462 e. The lowest BCUT2D eigenvalue weighted by Gasteiger charge is -2.18. The van der Waals surface area contributed by atoms with Crippen molar-refractivity contribution in [3.05, 3.63) is 0 Å². The molecule has 0 saturated carbocycles. The third kappa shape index (κ3) is 45.5. The van der Waals surface area contributed by atoms with E-state index in [-0.39, 0.29) is 31.1 Å². The zero-order chi connectivity index (χ0) is 42.4. The van der Waals surface area contributed by atoms with Gasteiger partial charge < -0.3 is 14.2 Å². The van der Waals surface area contributed by atoms with Crippen LogP contribution in [0, 0.1) is 5.92 Å². The average molecular weight is 821 g/mol. The molecule has 0 aliphatic rings. The van der Waals surface area contributed by atoms with E-state index in [0.29, 0.717) is 19.3 Å². The minimum absolute atomic E-state index is 0.0638. The van der Waals surface area contributed by atoms with E-state index >= 15 is 0 Å². The number of unbranched alkanes of at least 4 members (excludes halogenated alkanes) is 34. The highest BCUT2D eigenvalue weighted by molar-refractivity contribution is 5.71. The summed E-state index contributed by atoms with van der Waals surface area (Å²) in [6, 6.07) is 0. The smallest absolute Gasteiger partial charge is 0.306 e. The van der Waals surface area contributed by atoms with Crippen LogP contribution < -0.4 is 0 Å². The molecular formula is C52H100O6. The molecule has 344 valence electrons. The van der Waals surface area contributed by atoms with E-state index in [9.17, 15) is 14.4 Å². The number of carbonyl (C=O) groups excluding carboxylic acids is 3. The highest BCUT2D eigenvalue weighted by Crippen LogP contribution is 2.17. The molecule has 0 aromatic rings. The van der Waals surface area contributed by atoms with Gasteiger partial charge in [0.05, 0.1) is 0 Å². The third-order valence-electron chi connectivity index (χ3n) is 11.8. The highest BCUT2D eigenvalue weighted by Gasteiger charge is 2.19. The molecule has 6 heteroatoms. The van der Waals surface area contributed by atoms with Gasteiger partial charge in [-0.1, -0.05) is 252 Å². The van der Waals surface area contributed by atoms with E-state index in [1.54, 1.807) is 0 Å². The molecule has 0 saturated heterocycles. The first-order chi connectivity index (χ1) is 28.4. The van der Waals surface area contributed by atoms with Crippen LogP contribution in [0.5, 0.6) is 0 Å². The van der Waals surface area contributed by atoms with Gasteiger partial charge in [0.2, 0.25) is 0 Å². The summed E-state index contributed by atoms with van der Waals surface area (Å²) < 4.78 is 16.7. The van der Waals surface area contributed by atoms with E-state index in [2.05, 4.69) is 27.7 Å². The summed E-state index contributed by atoms with van der Waals surface area (Å²) >= 11 is 0. The number of esters is 3. The number of rotatable bonds is 47. The summed E-state index contributed by atoms with van der Waals surface area (Å²) in [6.07, 6.45) is 48.4. The lowest BCUT2D eigenvalue weighted by atomic mass is 10.0. The van der Waals surface area contributed by atoms with Crippen LogP contribution in [0.1, 0.15) is 291 Å². The van der Waals surface area contributed by atoms with Gasteiger partial charge in [0.15, 0.2) is 6.10 Å². The van der Waals surface area contributed by atoms with Gasteiger partial charge >= 0.3 is 17.9 Å². The average Bonchev–Trinajstić information content (AvgIpc) is 3.21. The van der Waals surface area contributed by atoms with Crippen LogP contribution in [0.3, 0.4) is 0 Å². The predicted molar refractivity (Wildman–Crippen MR) is 247 cm³/mol. The molecule has 58 heavy (non-hydrogen) atoms. The summed E-state index contributed by atoms with van der Waals surface area (Å²) in [6.45, 7) is 8.97. The second-order valence-electron chi connectivity index (χ2n) is 18.3. The van der Waals surface area contributed by atoms with E-state index in [1.165, 1.54) is 180 Å². The lowest BCUT2D eigenvalue weighted by molar-refractivity contribution is -0.167. The molecule has 1 atom stereocenters. The zero-order valence-electron chi connectivity index (χ0n) is 39.5. The van der Waals surface area contributed by atoms with E-state index < -0.39 is 6.10 Å². The molecule has 0 bridgehead atoms. The van der Waals surface area contributed by atoms with Crippen molar-refractivity contribution in [2.75, 3.05) is 13.2 Å². The van der Waals surface area contributed by atoms with Crippen molar-refractivity contribution in [3.63, 3.8) is 0 Å². The fourth-order valence-electron chi connectivity index (χ4n) is 7.86. The van der Waals surface area contributed by atoms with Gasteiger partial charge in [-0.15, -0.1) is 0 Å². The first kappa shape index (κ1) is 56.4. The lowest BCUT2D eigenvalue weighted by Crippen LogP contribution is -2.30. The van der Waals surface area contributed by atoms with Crippen molar-refractivity contribution in [2.45, 2.75) is 297 Å². The Labute approximate surface area is 361 Å². The van der Waals surface area contributed by atoms with Crippen molar-refractivity contribution in [1.82, 2.24) is 0 Å². The molecule has 0 amide bonds. The molecule has 0 heterocycles. The Morgan fingerprint density at radius 1 is 0.328 bits per heavy atom. The quantitative estimate of drug-likeness (QED) is 0.0346. The van der Waals surface area contributed by atoms with Crippen LogP contribution in [0.25, 0.3) is 0 Å². The highest BCUT2D eigenvalue weighted by atomic mass is 16.6. The Kier molecular flexibility index (Phi) is 45.2. The molecule has 0 spiro atoms. The van der Waals surface area contributed by atoms with Gasteiger partial charge in [-0.2, -0.15) is 0 Å². The second kappa shape index (κ2) is 46.5. The summed E-state index contributed by atoms with van der Waals surface area (Å²) in [5, 5.41) is 0. The fraction of sp³-hybridized carbons (Fsp3) is 0.942. The summed E-state index contributed by atoms with van der Waals surface area (Å²) in [7, 11) is 0. The van der Waals surface area contributed by atoms with Crippen molar-refractivity contribution < 1.29 is 28.6 Å². The predicted octanol–water partition coefficient (Wildman–Crippen LogP) is 16.7. The van der Waals surface area contributed by atoms with Gasteiger partial charge in [-0.3, -0.25) is 14.4 Å². The van der Waals surface area contributed by atoms with Gasteiger partial charge in [0.25, 0.3) is 0 Å². The van der Waals surface area contributed by atoms with Gasteiger partial charge in [-0.05, 0) is 25.2 Å². The van der Waals surface area contributed by atoms with Crippen LogP contribution >= 0.6 is 0 Å². The summed E-state index contributed by atoms with van der Waals surface area (Å²) in [5.74, 6) is -0.000968. The maximum Gasteiger partial charge on any atom is 0.306 e. The van der Waals surface area contributed by atoms with Crippen LogP contribution in [-0.2, 0) is 28.6 Å². The topological polar surface area (TPSA) is 78.9 Å². The number of ether oxygens (including phenoxy) is 3. The molecule has 0 aliphatic heterocycles. The molecule has 0 aromatic heterocycles. The molecule has 0 aromatic carbocycles. The van der Waals surface area contributed by atoms with Crippen molar-refractivity contribution in [1.29, 1.82) is 0 Å². The maximum atomic E-state index is 12.7. The van der Waals surface area contributed by atoms with Crippen molar-refractivity contribution in [3.8, 4) is 0 Å². The Hall–Kier alpha value is -1.59. The number of carbonyl (C=O) groups is 3. The van der Waals surface area contributed by atoms with Crippen LogP contribution in [0.15, 0.2) is 0 Å². The molecule has 0 aliphatic carbocycles. The number of hydrogen-bond acceptors (Lipinski definition) is 6. The molecule has 0 N–H and O–H groups in total. The van der Waals surface area contributed by atoms with E-state index in [4.69, 9.17) is 14.2 Å².